The first-order valence-electron chi connectivity index (χ1n) is 15.6. The summed E-state index contributed by atoms with van der Waals surface area (Å²) in [5.41, 5.74) is 1.20. The molecule has 0 aliphatic carbocycles. The molecule has 0 saturated carbocycles. The lowest BCUT2D eigenvalue weighted by atomic mass is 10.0. The van der Waals surface area contributed by atoms with Crippen molar-refractivity contribution in [2.45, 2.75) is 69.5 Å². The zero-order chi connectivity index (χ0) is 30.0. The molecule has 2 saturated heterocycles. The van der Waals surface area contributed by atoms with Gasteiger partial charge in [0, 0.05) is 19.5 Å². The van der Waals surface area contributed by atoms with Gasteiger partial charge in [0.25, 0.3) is 5.91 Å². The number of hydrogen-bond donors (Lipinski definition) is 3. The summed E-state index contributed by atoms with van der Waals surface area (Å²) in [6.45, 7) is 4.51. The molecular formula is C33H43N5O5. The van der Waals surface area contributed by atoms with Gasteiger partial charge in [-0.1, -0.05) is 42.5 Å². The van der Waals surface area contributed by atoms with E-state index in [1.165, 1.54) is 12.8 Å². The van der Waals surface area contributed by atoms with Crippen LogP contribution < -0.4 is 20.7 Å². The SMILES string of the molecule is O=C1C[C@@H](C(=O)NCCCCN2CCCC2)NC(=O)c2ccccc2OC[C@H]2CCCN2C(=O)[C@H](Cc2ccccc2)N1. The van der Waals surface area contributed by atoms with E-state index < -0.39 is 29.8 Å². The van der Waals surface area contributed by atoms with E-state index in [0.29, 0.717) is 25.3 Å². The number of benzene rings is 2. The molecule has 0 radical (unpaired) electrons. The Morgan fingerprint density at radius 1 is 0.907 bits per heavy atom. The van der Waals surface area contributed by atoms with Crippen molar-refractivity contribution in [1.82, 2.24) is 25.8 Å². The van der Waals surface area contributed by atoms with Crippen LogP contribution in [0.5, 0.6) is 5.75 Å². The molecule has 10 heteroatoms. The fourth-order valence-corrected chi connectivity index (χ4v) is 6.20. The van der Waals surface area contributed by atoms with Crippen LogP contribution in [0.1, 0.15) is 60.9 Å². The molecule has 5 rings (SSSR count). The largest absolute Gasteiger partial charge is 0.491 e. The summed E-state index contributed by atoms with van der Waals surface area (Å²) >= 11 is 0. The number of carbonyl (C=O) groups is 4. The lowest BCUT2D eigenvalue weighted by molar-refractivity contribution is -0.138. The van der Waals surface area contributed by atoms with E-state index in [2.05, 4.69) is 20.9 Å². The minimum absolute atomic E-state index is 0.170. The minimum Gasteiger partial charge on any atom is -0.491 e. The number of para-hydroxylation sites is 1. The third-order valence-electron chi connectivity index (χ3n) is 8.55. The third-order valence-corrected chi connectivity index (χ3v) is 8.55. The van der Waals surface area contributed by atoms with E-state index in [9.17, 15) is 19.2 Å². The van der Waals surface area contributed by atoms with E-state index in [4.69, 9.17) is 4.74 Å². The predicted octanol–water partition coefficient (Wildman–Crippen LogP) is 2.28. The second kappa shape index (κ2) is 15.0. The molecule has 10 nitrogen and oxygen atoms in total. The van der Waals surface area contributed by atoms with E-state index in [0.717, 1.165) is 50.9 Å². The van der Waals surface area contributed by atoms with Crippen LogP contribution in [0.25, 0.3) is 0 Å². The molecular weight excluding hydrogens is 546 g/mol. The molecule has 2 aromatic carbocycles. The third kappa shape index (κ3) is 8.34. The van der Waals surface area contributed by atoms with Crippen LogP contribution in [-0.2, 0) is 20.8 Å². The quantitative estimate of drug-likeness (QED) is 0.407. The molecule has 2 fully saturated rings. The Hall–Kier alpha value is -3.92. The number of carbonyl (C=O) groups excluding carboxylic acids is 4. The molecule has 0 spiro atoms. The monoisotopic (exact) mass is 589 g/mol. The molecule has 2 aromatic rings. The van der Waals surface area contributed by atoms with Crippen LogP contribution in [0.15, 0.2) is 54.6 Å². The summed E-state index contributed by atoms with van der Waals surface area (Å²) in [4.78, 5) is 58.3. The Morgan fingerprint density at radius 3 is 2.49 bits per heavy atom. The zero-order valence-electron chi connectivity index (χ0n) is 24.8. The Morgan fingerprint density at radius 2 is 1.67 bits per heavy atom. The van der Waals surface area contributed by atoms with Crippen LogP contribution >= 0.6 is 0 Å². The molecule has 3 aliphatic heterocycles. The van der Waals surface area contributed by atoms with Gasteiger partial charge >= 0.3 is 0 Å². The van der Waals surface area contributed by atoms with Gasteiger partial charge in [0.15, 0.2) is 0 Å². The minimum atomic E-state index is -1.12. The maximum Gasteiger partial charge on any atom is 0.255 e. The second-order valence-corrected chi connectivity index (χ2v) is 11.7. The number of rotatable bonds is 8. The summed E-state index contributed by atoms with van der Waals surface area (Å²) in [7, 11) is 0. The number of likely N-dealkylation sites (tertiary alicyclic amines) is 1. The van der Waals surface area contributed by atoms with Gasteiger partial charge in [0.05, 0.1) is 18.0 Å². The molecule has 43 heavy (non-hydrogen) atoms. The maximum absolute atomic E-state index is 13.9. The van der Waals surface area contributed by atoms with Crippen molar-refractivity contribution < 1.29 is 23.9 Å². The van der Waals surface area contributed by atoms with Crippen molar-refractivity contribution in [1.29, 1.82) is 0 Å². The van der Waals surface area contributed by atoms with Crippen LogP contribution in [-0.4, -0.2) is 90.9 Å². The molecule has 4 amide bonds. The molecule has 3 N–H and O–H groups in total. The first-order valence-corrected chi connectivity index (χ1v) is 15.6. The predicted molar refractivity (Wildman–Crippen MR) is 163 cm³/mol. The highest BCUT2D eigenvalue weighted by Crippen LogP contribution is 2.24. The molecule has 0 unspecified atom stereocenters. The number of fused-ring (bicyclic) bond motifs is 2. The standard InChI is InChI=1S/C33H43N5O5/c39-30-22-27(32(41)34-16-6-7-17-37-18-8-9-19-37)36-31(40)26-14-4-5-15-29(26)43-23-25-13-10-20-38(25)33(42)28(35-30)21-24-11-2-1-3-12-24/h1-5,11-12,14-15,25,27-28H,6-10,13,16-23H2,(H,34,41)(H,35,39)(H,36,40)/t25-,27+,28+/m1/s1. The fourth-order valence-electron chi connectivity index (χ4n) is 6.20. The lowest BCUT2D eigenvalue weighted by Gasteiger charge is -2.30. The Bertz CT molecular complexity index is 1270. The number of unbranched alkanes of at least 4 members (excludes halogenated alkanes) is 1. The normalized spacial score (nSPS) is 23.4. The highest BCUT2D eigenvalue weighted by atomic mass is 16.5. The first kappa shape index (κ1) is 30.5. The van der Waals surface area contributed by atoms with Gasteiger partial charge < -0.3 is 30.5 Å². The Kier molecular flexibility index (Phi) is 10.7. The van der Waals surface area contributed by atoms with Gasteiger partial charge in [-0.2, -0.15) is 0 Å². The van der Waals surface area contributed by atoms with E-state index in [1.807, 2.05) is 30.3 Å². The summed E-state index contributed by atoms with van der Waals surface area (Å²) in [5.74, 6) is -1.18. The molecule has 3 heterocycles. The van der Waals surface area contributed by atoms with Gasteiger partial charge in [0.1, 0.15) is 24.4 Å². The van der Waals surface area contributed by atoms with E-state index in [1.54, 1.807) is 29.2 Å². The zero-order valence-corrected chi connectivity index (χ0v) is 24.8. The van der Waals surface area contributed by atoms with Crippen molar-refractivity contribution in [3.05, 3.63) is 65.7 Å². The average molecular weight is 590 g/mol. The fraction of sp³-hybridized carbons (Fsp3) is 0.515. The van der Waals surface area contributed by atoms with E-state index in [-0.39, 0.29) is 30.5 Å². The van der Waals surface area contributed by atoms with Crippen molar-refractivity contribution in [2.24, 2.45) is 0 Å². The number of amides is 4. The summed E-state index contributed by atoms with van der Waals surface area (Å²) in [5, 5.41) is 8.58. The van der Waals surface area contributed by atoms with Crippen LogP contribution in [0.3, 0.4) is 0 Å². The number of nitrogens with one attached hydrogen (secondary N) is 3. The number of nitrogens with zero attached hydrogens (tertiary/aromatic N) is 2. The van der Waals surface area contributed by atoms with Crippen LogP contribution in [0.2, 0.25) is 0 Å². The second-order valence-electron chi connectivity index (χ2n) is 11.7. The van der Waals surface area contributed by atoms with Gasteiger partial charge in [-0.05, 0) is 75.9 Å². The summed E-state index contributed by atoms with van der Waals surface area (Å²) < 4.78 is 6.12. The molecule has 0 bridgehead atoms. The molecule has 230 valence electrons. The van der Waals surface area contributed by atoms with Gasteiger partial charge in [0.2, 0.25) is 17.7 Å². The van der Waals surface area contributed by atoms with Crippen molar-refractivity contribution in [2.75, 3.05) is 39.3 Å². The highest BCUT2D eigenvalue weighted by molar-refractivity contribution is 6.01. The molecule has 3 aliphatic rings. The molecule has 3 atom stereocenters. The Labute approximate surface area is 253 Å². The van der Waals surface area contributed by atoms with Crippen molar-refractivity contribution in [3.63, 3.8) is 0 Å². The van der Waals surface area contributed by atoms with Gasteiger partial charge in [-0.15, -0.1) is 0 Å². The first-order chi connectivity index (χ1) is 21.0. The summed E-state index contributed by atoms with van der Waals surface area (Å²) in [6, 6.07) is 14.3. The van der Waals surface area contributed by atoms with Crippen molar-refractivity contribution in [3.8, 4) is 5.75 Å². The smallest absolute Gasteiger partial charge is 0.255 e. The Balaban J connectivity index is 1.33. The topological polar surface area (TPSA) is 120 Å². The van der Waals surface area contributed by atoms with Crippen LogP contribution in [0, 0.1) is 0 Å². The van der Waals surface area contributed by atoms with Crippen LogP contribution in [0.4, 0.5) is 0 Å². The average Bonchev–Trinajstić information content (AvgIpc) is 3.71. The highest BCUT2D eigenvalue weighted by Gasteiger charge is 2.36. The van der Waals surface area contributed by atoms with E-state index >= 15 is 0 Å². The van der Waals surface area contributed by atoms with Crippen molar-refractivity contribution >= 4 is 23.6 Å². The summed E-state index contributed by atoms with van der Waals surface area (Å²) in [6.07, 6.45) is 5.87. The number of ether oxygens (including phenoxy) is 1. The lowest BCUT2D eigenvalue weighted by Crippen LogP contribution is -2.54. The molecule has 0 aromatic heterocycles. The van der Waals surface area contributed by atoms with Gasteiger partial charge in [-0.3, -0.25) is 19.2 Å². The van der Waals surface area contributed by atoms with Gasteiger partial charge in [-0.25, -0.2) is 0 Å². The maximum atomic E-state index is 13.9. The number of hydrogen-bond acceptors (Lipinski definition) is 6.